The van der Waals surface area contributed by atoms with Crippen molar-refractivity contribution in [2.24, 2.45) is 11.3 Å². The minimum Gasteiger partial charge on any atom is -0.482 e. The van der Waals surface area contributed by atoms with Crippen LogP contribution in [0.15, 0.2) is 18.2 Å². The van der Waals surface area contributed by atoms with Crippen LogP contribution in [0, 0.1) is 11.3 Å². The second-order valence-corrected chi connectivity index (χ2v) is 9.38. The number of hydrogen-bond donors (Lipinski definition) is 2. The first-order valence-electron chi connectivity index (χ1n) is 9.44. The second-order valence-electron chi connectivity index (χ2n) is 9.38. The molecule has 1 aromatic carbocycles. The number of nitrogens with two attached hydrogens (primary N) is 1. The molecule has 1 aromatic rings. The monoisotopic (exact) mass is 362 g/mol. The van der Waals surface area contributed by atoms with Gasteiger partial charge in [-0.3, -0.25) is 0 Å². The van der Waals surface area contributed by atoms with Crippen LogP contribution in [0.4, 0.5) is 11.4 Å². The Bertz CT molecular complexity index is 635. The summed E-state index contributed by atoms with van der Waals surface area (Å²) in [6.45, 7) is 12.3. The number of nitrogen functional groups attached to an aromatic ring is 1. The average Bonchev–Trinajstić information content (AvgIpc) is 2.43. The molecule has 0 heterocycles. The van der Waals surface area contributed by atoms with Gasteiger partial charge in [-0.05, 0) is 63.5 Å². The van der Waals surface area contributed by atoms with Crippen molar-refractivity contribution in [1.29, 1.82) is 0 Å². The zero-order chi connectivity index (χ0) is 19.5. The topological polar surface area (TPSA) is 73.6 Å². The molecular weight excluding hydrogens is 328 g/mol. The SMILES string of the molecule is CC1CC(Nc2ccc(OCC(=O)OC(C)(C)C)cc2N)CC(C)(C)C1. The van der Waals surface area contributed by atoms with E-state index >= 15 is 0 Å². The van der Waals surface area contributed by atoms with Gasteiger partial charge in [0.15, 0.2) is 6.61 Å². The lowest BCUT2D eigenvalue weighted by Crippen LogP contribution is -2.35. The van der Waals surface area contributed by atoms with Crippen LogP contribution in [0.3, 0.4) is 0 Å². The van der Waals surface area contributed by atoms with Crippen molar-refractivity contribution >= 4 is 17.3 Å². The molecule has 0 saturated heterocycles. The molecule has 2 rings (SSSR count). The lowest BCUT2D eigenvalue weighted by atomic mass is 9.70. The molecule has 5 heteroatoms. The molecule has 0 aliphatic heterocycles. The Morgan fingerprint density at radius 2 is 2.00 bits per heavy atom. The average molecular weight is 363 g/mol. The summed E-state index contributed by atoms with van der Waals surface area (Å²) in [6.07, 6.45) is 3.55. The van der Waals surface area contributed by atoms with E-state index in [1.165, 1.54) is 6.42 Å². The van der Waals surface area contributed by atoms with Crippen LogP contribution >= 0.6 is 0 Å². The van der Waals surface area contributed by atoms with E-state index in [1.807, 2.05) is 32.9 Å². The largest absolute Gasteiger partial charge is 0.482 e. The van der Waals surface area contributed by atoms with E-state index in [1.54, 1.807) is 6.07 Å². The van der Waals surface area contributed by atoms with Gasteiger partial charge >= 0.3 is 5.97 Å². The summed E-state index contributed by atoms with van der Waals surface area (Å²) in [5.41, 5.74) is 7.57. The maximum Gasteiger partial charge on any atom is 0.344 e. The van der Waals surface area contributed by atoms with Crippen molar-refractivity contribution in [3.05, 3.63) is 18.2 Å². The van der Waals surface area contributed by atoms with Gasteiger partial charge < -0.3 is 20.5 Å². The highest BCUT2D eigenvalue weighted by Gasteiger charge is 2.32. The van der Waals surface area contributed by atoms with E-state index in [2.05, 4.69) is 26.1 Å². The van der Waals surface area contributed by atoms with Gasteiger partial charge in [-0.25, -0.2) is 4.79 Å². The summed E-state index contributed by atoms with van der Waals surface area (Å²) >= 11 is 0. The van der Waals surface area contributed by atoms with Crippen molar-refractivity contribution in [2.75, 3.05) is 17.7 Å². The molecule has 0 amide bonds. The Hall–Kier alpha value is -1.91. The number of anilines is 2. The highest BCUT2D eigenvalue weighted by Crippen LogP contribution is 2.40. The normalized spacial score (nSPS) is 22.5. The van der Waals surface area contributed by atoms with Gasteiger partial charge in [-0.2, -0.15) is 0 Å². The fourth-order valence-corrected chi connectivity index (χ4v) is 3.95. The van der Waals surface area contributed by atoms with Crippen molar-refractivity contribution in [3.63, 3.8) is 0 Å². The first kappa shape index (κ1) is 20.4. The molecule has 0 bridgehead atoms. The molecule has 1 aliphatic rings. The molecule has 3 N–H and O–H groups in total. The van der Waals surface area contributed by atoms with Gasteiger partial charge in [-0.15, -0.1) is 0 Å². The van der Waals surface area contributed by atoms with E-state index < -0.39 is 11.6 Å². The highest BCUT2D eigenvalue weighted by molar-refractivity contribution is 5.72. The third kappa shape index (κ3) is 6.43. The molecule has 146 valence electrons. The molecule has 5 nitrogen and oxygen atoms in total. The third-order valence-electron chi connectivity index (χ3n) is 4.55. The number of carbonyl (C=O) groups excluding carboxylic acids is 1. The minimum absolute atomic E-state index is 0.127. The van der Waals surface area contributed by atoms with Crippen LogP contribution in [0.25, 0.3) is 0 Å². The van der Waals surface area contributed by atoms with Gasteiger partial charge in [0.1, 0.15) is 11.4 Å². The molecule has 1 aliphatic carbocycles. The van der Waals surface area contributed by atoms with Crippen LogP contribution in [0.1, 0.15) is 60.8 Å². The summed E-state index contributed by atoms with van der Waals surface area (Å²) < 4.78 is 10.7. The van der Waals surface area contributed by atoms with Crippen LogP contribution < -0.4 is 15.8 Å². The Balaban J connectivity index is 1.94. The molecule has 1 fully saturated rings. The first-order valence-corrected chi connectivity index (χ1v) is 9.44. The van der Waals surface area contributed by atoms with Gasteiger partial charge in [0, 0.05) is 12.1 Å². The molecule has 1 saturated carbocycles. The standard InChI is InChI=1S/C21H34N2O3/c1-14-9-15(12-21(5,6)11-14)23-18-8-7-16(10-17(18)22)25-13-19(24)26-20(2,3)4/h7-8,10,14-15,23H,9,11-13,22H2,1-6H3. The number of benzene rings is 1. The fraction of sp³-hybridized carbons (Fsp3) is 0.667. The second kappa shape index (κ2) is 7.77. The Morgan fingerprint density at radius 3 is 2.58 bits per heavy atom. The van der Waals surface area contributed by atoms with Gasteiger partial charge in [0.2, 0.25) is 0 Å². The maximum atomic E-state index is 11.7. The third-order valence-corrected chi connectivity index (χ3v) is 4.55. The van der Waals surface area contributed by atoms with Crippen molar-refractivity contribution < 1.29 is 14.3 Å². The van der Waals surface area contributed by atoms with Crippen molar-refractivity contribution in [1.82, 2.24) is 0 Å². The molecule has 2 unspecified atom stereocenters. The predicted octanol–water partition coefficient (Wildman–Crippen LogP) is 4.62. The quantitative estimate of drug-likeness (QED) is 0.591. The maximum absolute atomic E-state index is 11.7. The fourth-order valence-electron chi connectivity index (χ4n) is 3.95. The number of esters is 1. The van der Waals surface area contributed by atoms with Crippen LogP contribution in [0.2, 0.25) is 0 Å². The first-order chi connectivity index (χ1) is 11.9. The van der Waals surface area contributed by atoms with E-state index in [0.29, 0.717) is 28.8 Å². The van der Waals surface area contributed by atoms with Gasteiger partial charge in [0.25, 0.3) is 0 Å². The van der Waals surface area contributed by atoms with Crippen LogP contribution in [-0.2, 0) is 9.53 Å². The molecule has 0 aromatic heterocycles. The van der Waals surface area contributed by atoms with E-state index in [4.69, 9.17) is 15.2 Å². The van der Waals surface area contributed by atoms with E-state index in [9.17, 15) is 4.79 Å². The Labute approximate surface area is 157 Å². The van der Waals surface area contributed by atoms with Crippen molar-refractivity contribution in [2.45, 2.75) is 72.4 Å². The lowest BCUT2D eigenvalue weighted by Gasteiger charge is -2.39. The summed E-state index contributed by atoms with van der Waals surface area (Å²) in [4.78, 5) is 11.7. The predicted molar refractivity (Wildman–Crippen MR) is 106 cm³/mol. The summed E-state index contributed by atoms with van der Waals surface area (Å²) in [5.74, 6) is 0.877. The molecule has 2 atom stereocenters. The summed E-state index contributed by atoms with van der Waals surface area (Å²) in [6, 6.07) is 5.93. The number of ether oxygens (including phenoxy) is 2. The zero-order valence-corrected chi connectivity index (χ0v) is 17.0. The van der Waals surface area contributed by atoms with E-state index in [-0.39, 0.29) is 6.61 Å². The number of carbonyl (C=O) groups is 1. The highest BCUT2D eigenvalue weighted by atomic mass is 16.6. The molecule has 0 spiro atoms. The number of nitrogens with one attached hydrogen (secondary N) is 1. The Morgan fingerprint density at radius 1 is 1.31 bits per heavy atom. The molecular formula is C21H34N2O3. The summed E-state index contributed by atoms with van der Waals surface area (Å²) in [5, 5.41) is 3.59. The number of hydrogen-bond acceptors (Lipinski definition) is 5. The zero-order valence-electron chi connectivity index (χ0n) is 17.0. The van der Waals surface area contributed by atoms with Crippen LogP contribution in [-0.4, -0.2) is 24.2 Å². The van der Waals surface area contributed by atoms with Gasteiger partial charge in [-0.1, -0.05) is 20.8 Å². The Kier molecular flexibility index (Phi) is 6.09. The molecule has 26 heavy (non-hydrogen) atoms. The smallest absolute Gasteiger partial charge is 0.344 e. The number of rotatable bonds is 5. The minimum atomic E-state index is -0.516. The van der Waals surface area contributed by atoms with Gasteiger partial charge in [0.05, 0.1) is 11.4 Å². The molecule has 0 radical (unpaired) electrons. The van der Waals surface area contributed by atoms with Crippen molar-refractivity contribution in [3.8, 4) is 5.75 Å². The summed E-state index contributed by atoms with van der Waals surface area (Å²) in [7, 11) is 0. The lowest BCUT2D eigenvalue weighted by molar-refractivity contribution is -0.157. The van der Waals surface area contributed by atoms with Crippen LogP contribution in [0.5, 0.6) is 5.75 Å². The van der Waals surface area contributed by atoms with E-state index in [0.717, 1.165) is 18.5 Å².